The Kier molecular flexibility index (Phi) is 6.34. The average molecular weight is 422 g/mol. The molecule has 0 unspecified atom stereocenters. The number of carboxylic acids is 1. The largest absolute Gasteiger partial charge is 0.493 e. The molecule has 0 spiro atoms. The number of nitrogens with zero attached hydrogens (tertiary/aromatic N) is 1. The van der Waals surface area contributed by atoms with Crippen molar-refractivity contribution in [3.05, 3.63) is 71.4 Å². The highest BCUT2D eigenvalue weighted by Crippen LogP contribution is 2.39. The number of hydrogen-bond acceptors (Lipinski definition) is 3. The zero-order valence-electron chi connectivity index (χ0n) is 16.7. The summed E-state index contributed by atoms with van der Waals surface area (Å²) in [7, 11) is 0. The summed E-state index contributed by atoms with van der Waals surface area (Å²) >= 11 is 6.33. The minimum absolute atomic E-state index is 0.0159. The second kappa shape index (κ2) is 9.31. The Bertz CT molecular complexity index is 1040. The van der Waals surface area contributed by atoms with Crippen LogP contribution in [0.15, 0.2) is 60.7 Å². The molecule has 30 heavy (non-hydrogen) atoms. The zero-order valence-corrected chi connectivity index (χ0v) is 17.4. The summed E-state index contributed by atoms with van der Waals surface area (Å²) in [6.07, 6.45) is 6.29. The second-order valence-electron chi connectivity index (χ2n) is 7.71. The lowest BCUT2D eigenvalue weighted by molar-refractivity contribution is 0.0690. The van der Waals surface area contributed by atoms with Gasteiger partial charge in [-0.15, -0.1) is 0 Å². The lowest BCUT2D eigenvalue weighted by atomic mass is 9.90. The standard InChI is InChI=1S/C25H24ClNO3/c26-18-13-14-24(30-16-17-7-2-1-3-8-17)21(15-18)19-9-4-5-10-20(19)22-11-6-12-23(27-22)25(28)29/h4-6,9-15,17H,1-3,7-8,16H2,(H,28,29). The fourth-order valence-corrected chi connectivity index (χ4v) is 4.22. The number of aromatic carboxylic acids is 1. The van der Waals surface area contributed by atoms with E-state index in [4.69, 9.17) is 16.3 Å². The summed E-state index contributed by atoms with van der Waals surface area (Å²) in [6, 6.07) is 18.5. The molecule has 0 saturated heterocycles. The number of pyridine rings is 1. The van der Waals surface area contributed by atoms with Crippen molar-refractivity contribution in [1.82, 2.24) is 4.98 Å². The van der Waals surface area contributed by atoms with Crippen molar-refractivity contribution in [3.63, 3.8) is 0 Å². The van der Waals surface area contributed by atoms with Crippen molar-refractivity contribution in [1.29, 1.82) is 0 Å². The molecule has 0 radical (unpaired) electrons. The second-order valence-corrected chi connectivity index (χ2v) is 8.15. The van der Waals surface area contributed by atoms with Gasteiger partial charge >= 0.3 is 5.97 Å². The van der Waals surface area contributed by atoms with Crippen molar-refractivity contribution < 1.29 is 14.6 Å². The third-order valence-electron chi connectivity index (χ3n) is 5.60. The quantitative estimate of drug-likeness (QED) is 0.479. The highest BCUT2D eigenvalue weighted by molar-refractivity contribution is 6.31. The zero-order chi connectivity index (χ0) is 20.9. The Morgan fingerprint density at radius 3 is 2.50 bits per heavy atom. The molecular formula is C25H24ClNO3. The van der Waals surface area contributed by atoms with E-state index in [-0.39, 0.29) is 5.69 Å². The third-order valence-corrected chi connectivity index (χ3v) is 5.84. The fourth-order valence-electron chi connectivity index (χ4n) is 4.05. The third kappa shape index (κ3) is 4.65. The minimum atomic E-state index is -1.05. The maximum absolute atomic E-state index is 11.4. The van der Waals surface area contributed by atoms with Crippen LogP contribution in [0.3, 0.4) is 0 Å². The average Bonchev–Trinajstić information content (AvgIpc) is 2.79. The molecule has 1 heterocycles. The molecule has 1 fully saturated rings. The highest BCUT2D eigenvalue weighted by Gasteiger charge is 2.18. The summed E-state index contributed by atoms with van der Waals surface area (Å²) in [5.41, 5.74) is 3.25. The van der Waals surface area contributed by atoms with Crippen LogP contribution in [0.25, 0.3) is 22.4 Å². The molecule has 4 rings (SSSR count). The first-order valence-corrected chi connectivity index (χ1v) is 10.7. The van der Waals surface area contributed by atoms with E-state index in [9.17, 15) is 9.90 Å². The van der Waals surface area contributed by atoms with Gasteiger partial charge in [-0.3, -0.25) is 0 Å². The van der Waals surface area contributed by atoms with Gasteiger partial charge < -0.3 is 9.84 Å². The maximum atomic E-state index is 11.4. The van der Waals surface area contributed by atoms with Crippen LogP contribution in [-0.4, -0.2) is 22.7 Å². The van der Waals surface area contributed by atoms with Crippen LogP contribution in [0.4, 0.5) is 0 Å². The molecule has 4 nitrogen and oxygen atoms in total. The Balaban J connectivity index is 1.71. The molecule has 1 N–H and O–H groups in total. The summed E-state index contributed by atoms with van der Waals surface area (Å²) in [5.74, 6) is 0.326. The lowest BCUT2D eigenvalue weighted by Crippen LogP contribution is -2.15. The van der Waals surface area contributed by atoms with Crippen LogP contribution in [0.1, 0.15) is 42.6 Å². The lowest BCUT2D eigenvalue weighted by Gasteiger charge is -2.23. The summed E-state index contributed by atoms with van der Waals surface area (Å²) in [4.78, 5) is 15.7. The smallest absolute Gasteiger partial charge is 0.354 e. The van der Waals surface area contributed by atoms with E-state index < -0.39 is 5.97 Å². The predicted octanol–water partition coefficient (Wildman–Crippen LogP) is 6.73. The molecule has 0 bridgehead atoms. The maximum Gasteiger partial charge on any atom is 0.354 e. The van der Waals surface area contributed by atoms with Crippen molar-refractivity contribution in [3.8, 4) is 28.1 Å². The van der Waals surface area contributed by atoms with Crippen LogP contribution in [-0.2, 0) is 0 Å². The molecular weight excluding hydrogens is 398 g/mol. The van der Waals surface area contributed by atoms with Crippen LogP contribution in [0.5, 0.6) is 5.75 Å². The fraction of sp³-hybridized carbons (Fsp3) is 0.280. The number of carboxylic acid groups (broad SMARTS) is 1. The predicted molar refractivity (Wildman–Crippen MR) is 119 cm³/mol. The monoisotopic (exact) mass is 421 g/mol. The molecule has 0 amide bonds. The van der Waals surface area contributed by atoms with Gasteiger partial charge in [0.15, 0.2) is 0 Å². The van der Waals surface area contributed by atoms with Gasteiger partial charge in [0, 0.05) is 16.1 Å². The van der Waals surface area contributed by atoms with Gasteiger partial charge in [-0.2, -0.15) is 0 Å². The van der Waals surface area contributed by atoms with Crippen molar-refractivity contribution in [2.75, 3.05) is 6.61 Å². The van der Waals surface area contributed by atoms with Gasteiger partial charge in [-0.1, -0.05) is 61.2 Å². The Labute approximate surface area is 181 Å². The summed E-state index contributed by atoms with van der Waals surface area (Å²) in [5, 5.41) is 9.94. The van der Waals surface area contributed by atoms with E-state index in [1.54, 1.807) is 6.07 Å². The summed E-state index contributed by atoms with van der Waals surface area (Å²) in [6.45, 7) is 0.698. The van der Waals surface area contributed by atoms with Gasteiger partial charge in [-0.05, 0) is 54.7 Å². The molecule has 154 valence electrons. The Morgan fingerprint density at radius 1 is 0.967 bits per heavy atom. The topological polar surface area (TPSA) is 59.4 Å². The number of carbonyl (C=O) groups is 1. The number of aromatic nitrogens is 1. The van der Waals surface area contributed by atoms with E-state index >= 15 is 0 Å². The molecule has 0 atom stereocenters. The highest BCUT2D eigenvalue weighted by atomic mass is 35.5. The Morgan fingerprint density at radius 2 is 1.73 bits per heavy atom. The van der Waals surface area contributed by atoms with Crippen molar-refractivity contribution in [2.45, 2.75) is 32.1 Å². The van der Waals surface area contributed by atoms with Gasteiger partial charge in [0.1, 0.15) is 11.4 Å². The van der Waals surface area contributed by atoms with E-state index in [0.717, 1.165) is 22.4 Å². The number of hydrogen-bond donors (Lipinski definition) is 1. The number of halogens is 1. The van der Waals surface area contributed by atoms with Gasteiger partial charge in [0.25, 0.3) is 0 Å². The van der Waals surface area contributed by atoms with Crippen LogP contribution < -0.4 is 4.74 Å². The summed E-state index contributed by atoms with van der Waals surface area (Å²) < 4.78 is 6.27. The Hall–Kier alpha value is -2.85. The first-order valence-electron chi connectivity index (χ1n) is 10.3. The van der Waals surface area contributed by atoms with Gasteiger partial charge in [-0.25, -0.2) is 9.78 Å². The van der Waals surface area contributed by atoms with Gasteiger partial charge in [0.05, 0.1) is 12.3 Å². The molecule has 1 aliphatic rings. The van der Waals surface area contributed by atoms with Gasteiger partial charge in [0.2, 0.25) is 0 Å². The van der Waals surface area contributed by atoms with Crippen LogP contribution >= 0.6 is 11.6 Å². The van der Waals surface area contributed by atoms with Crippen LogP contribution in [0, 0.1) is 5.92 Å². The number of ether oxygens (including phenoxy) is 1. The van der Waals surface area contributed by atoms with Crippen LogP contribution in [0.2, 0.25) is 5.02 Å². The van der Waals surface area contributed by atoms with E-state index in [2.05, 4.69) is 4.98 Å². The molecule has 2 aromatic carbocycles. The molecule has 1 saturated carbocycles. The molecule has 1 aromatic heterocycles. The SMILES string of the molecule is O=C(O)c1cccc(-c2ccccc2-c2cc(Cl)ccc2OCC2CCCCC2)n1. The first-order chi connectivity index (χ1) is 14.6. The normalized spacial score (nSPS) is 14.4. The number of benzene rings is 2. The van der Waals surface area contributed by atoms with E-state index in [1.165, 1.54) is 38.2 Å². The molecule has 5 heteroatoms. The minimum Gasteiger partial charge on any atom is -0.493 e. The molecule has 0 aliphatic heterocycles. The molecule has 3 aromatic rings. The first kappa shape index (κ1) is 20.4. The van der Waals surface area contributed by atoms with Crippen molar-refractivity contribution in [2.24, 2.45) is 5.92 Å². The van der Waals surface area contributed by atoms with Crippen molar-refractivity contribution >= 4 is 17.6 Å². The van der Waals surface area contributed by atoms with E-state index in [1.807, 2.05) is 48.5 Å². The van der Waals surface area contributed by atoms with E-state index in [0.29, 0.717) is 23.2 Å². The molecule has 1 aliphatic carbocycles. The number of rotatable bonds is 6.